The van der Waals surface area contributed by atoms with E-state index >= 15 is 0 Å². The normalized spacial score (nSPS) is 21.2. The Morgan fingerprint density at radius 3 is 2.60 bits per heavy atom. The molecule has 1 saturated heterocycles. The fraction of sp³-hybridized carbons (Fsp3) is 0.529. The molecule has 0 aromatic heterocycles. The second-order valence-electron chi connectivity index (χ2n) is 6.06. The first-order chi connectivity index (χ1) is 11.8. The van der Waals surface area contributed by atoms with Crippen molar-refractivity contribution in [3.05, 3.63) is 35.9 Å². The molecule has 0 aliphatic carbocycles. The Morgan fingerprint density at radius 2 is 2.04 bits per heavy atom. The van der Waals surface area contributed by atoms with Crippen LogP contribution in [0, 0.1) is 0 Å². The molecular formula is C17H23NO7. The highest BCUT2D eigenvalue weighted by atomic mass is 16.7. The van der Waals surface area contributed by atoms with Crippen LogP contribution in [-0.4, -0.2) is 54.9 Å². The number of hydrogen-bond donors (Lipinski definition) is 2. The fourth-order valence-corrected chi connectivity index (χ4v) is 2.40. The van der Waals surface area contributed by atoms with E-state index in [0.29, 0.717) is 0 Å². The number of aliphatic hydroxyl groups excluding tert-OH is 1. The zero-order valence-electron chi connectivity index (χ0n) is 14.4. The average Bonchev–Trinajstić information content (AvgIpc) is 2.97. The zero-order chi connectivity index (χ0) is 18.4. The van der Waals surface area contributed by atoms with Crippen molar-refractivity contribution in [1.82, 2.24) is 5.32 Å². The van der Waals surface area contributed by atoms with Gasteiger partial charge in [0.1, 0.15) is 18.8 Å². The molecular weight excluding hydrogens is 330 g/mol. The third-order valence-corrected chi connectivity index (χ3v) is 3.69. The molecule has 25 heavy (non-hydrogen) atoms. The minimum absolute atomic E-state index is 0.0345. The van der Waals surface area contributed by atoms with Gasteiger partial charge < -0.3 is 29.4 Å². The number of rotatable bonds is 6. The van der Waals surface area contributed by atoms with E-state index in [2.05, 4.69) is 10.1 Å². The van der Waals surface area contributed by atoms with Crippen molar-refractivity contribution in [1.29, 1.82) is 0 Å². The van der Waals surface area contributed by atoms with Gasteiger partial charge in [-0.05, 0) is 19.4 Å². The number of hydrogen-bond acceptors (Lipinski definition) is 7. The van der Waals surface area contributed by atoms with Gasteiger partial charge in [-0.2, -0.15) is 0 Å². The third-order valence-electron chi connectivity index (χ3n) is 3.69. The van der Waals surface area contributed by atoms with Crippen LogP contribution < -0.4 is 5.32 Å². The highest BCUT2D eigenvalue weighted by Gasteiger charge is 2.43. The van der Waals surface area contributed by atoms with E-state index < -0.39 is 36.1 Å². The number of nitrogens with one attached hydrogen (secondary N) is 1. The maximum atomic E-state index is 12.0. The van der Waals surface area contributed by atoms with Crippen LogP contribution in [-0.2, 0) is 30.3 Å². The van der Waals surface area contributed by atoms with Crippen molar-refractivity contribution in [2.75, 3.05) is 13.7 Å². The number of carbonyl (C=O) groups is 2. The largest absolute Gasteiger partial charge is 0.467 e. The zero-order valence-corrected chi connectivity index (χ0v) is 14.4. The summed E-state index contributed by atoms with van der Waals surface area (Å²) in [5.74, 6) is -1.68. The van der Waals surface area contributed by atoms with Crippen molar-refractivity contribution < 1.29 is 33.6 Å². The molecule has 1 amide bonds. The monoisotopic (exact) mass is 353 g/mol. The standard InChI is InChI=1S/C17H23NO7/c1-17(2)24-10-12(25-17)14(19)13(15(20)22-3)18-16(21)23-9-11-7-5-4-6-8-11/h4-8,12-14,19H,9-10H2,1-3H3,(H,18,21)/t12-,13-,14-/m0/s1. The molecule has 8 heteroatoms. The number of carbonyl (C=O) groups excluding carboxylic acids is 2. The SMILES string of the molecule is COC(=O)[C@@H](NC(=O)OCc1ccccc1)[C@@H](O)[C@@H]1COC(C)(C)O1. The lowest BCUT2D eigenvalue weighted by atomic mass is 10.1. The predicted molar refractivity (Wildman–Crippen MR) is 86.5 cm³/mol. The maximum Gasteiger partial charge on any atom is 0.408 e. The lowest BCUT2D eigenvalue weighted by Crippen LogP contribution is -2.54. The van der Waals surface area contributed by atoms with Gasteiger partial charge in [-0.3, -0.25) is 0 Å². The molecule has 0 radical (unpaired) electrons. The summed E-state index contributed by atoms with van der Waals surface area (Å²) in [6, 6.07) is 7.74. The van der Waals surface area contributed by atoms with Gasteiger partial charge in [0.25, 0.3) is 0 Å². The first kappa shape index (κ1) is 19.2. The summed E-state index contributed by atoms with van der Waals surface area (Å²) in [6.45, 7) is 3.50. The molecule has 1 fully saturated rings. The van der Waals surface area contributed by atoms with E-state index in [4.69, 9.17) is 14.2 Å². The molecule has 1 aromatic carbocycles. The Hall–Kier alpha value is -2.16. The number of amides is 1. The summed E-state index contributed by atoms with van der Waals surface area (Å²) < 4.78 is 20.6. The second-order valence-corrected chi connectivity index (χ2v) is 6.06. The van der Waals surface area contributed by atoms with Crippen molar-refractivity contribution >= 4 is 12.1 Å². The molecule has 0 saturated carbocycles. The smallest absolute Gasteiger partial charge is 0.408 e. The van der Waals surface area contributed by atoms with E-state index in [1.807, 2.05) is 18.2 Å². The van der Waals surface area contributed by atoms with Gasteiger partial charge in [-0.15, -0.1) is 0 Å². The van der Waals surface area contributed by atoms with Crippen LogP contribution in [0.15, 0.2) is 30.3 Å². The van der Waals surface area contributed by atoms with Crippen molar-refractivity contribution in [2.45, 2.75) is 44.5 Å². The van der Waals surface area contributed by atoms with Crippen LogP contribution in [0.2, 0.25) is 0 Å². The van der Waals surface area contributed by atoms with Crippen LogP contribution in [0.25, 0.3) is 0 Å². The first-order valence-electron chi connectivity index (χ1n) is 7.87. The summed E-state index contributed by atoms with van der Waals surface area (Å²) in [6.07, 6.45) is -2.98. The summed E-state index contributed by atoms with van der Waals surface area (Å²) in [4.78, 5) is 23.9. The molecule has 2 rings (SSSR count). The van der Waals surface area contributed by atoms with Gasteiger partial charge in [0.15, 0.2) is 11.8 Å². The highest BCUT2D eigenvalue weighted by Crippen LogP contribution is 2.25. The lowest BCUT2D eigenvalue weighted by molar-refractivity contribution is -0.162. The van der Waals surface area contributed by atoms with E-state index in [-0.39, 0.29) is 13.2 Å². The number of ether oxygens (including phenoxy) is 4. The quantitative estimate of drug-likeness (QED) is 0.734. The van der Waals surface area contributed by atoms with Gasteiger partial charge in [0.2, 0.25) is 0 Å². The molecule has 1 aliphatic rings. The van der Waals surface area contributed by atoms with Crippen LogP contribution in [0.1, 0.15) is 19.4 Å². The number of alkyl carbamates (subject to hydrolysis) is 1. The van der Waals surface area contributed by atoms with Gasteiger partial charge in [-0.25, -0.2) is 9.59 Å². The Morgan fingerprint density at radius 1 is 1.36 bits per heavy atom. The number of aliphatic hydroxyl groups is 1. The molecule has 0 unspecified atom stereocenters. The third kappa shape index (κ3) is 5.42. The molecule has 1 aromatic rings. The van der Waals surface area contributed by atoms with Gasteiger partial charge >= 0.3 is 12.1 Å². The summed E-state index contributed by atoms with van der Waals surface area (Å²) in [5, 5.41) is 12.7. The van der Waals surface area contributed by atoms with Gasteiger partial charge in [0, 0.05) is 0 Å². The minimum Gasteiger partial charge on any atom is -0.467 e. The number of esters is 1. The molecule has 3 atom stereocenters. The highest BCUT2D eigenvalue weighted by molar-refractivity contribution is 5.82. The Balaban J connectivity index is 1.95. The van der Waals surface area contributed by atoms with Crippen LogP contribution in [0.3, 0.4) is 0 Å². The molecule has 138 valence electrons. The molecule has 0 spiro atoms. The number of benzene rings is 1. The molecule has 0 bridgehead atoms. The van der Waals surface area contributed by atoms with Gasteiger partial charge in [-0.1, -0.05) is 30.3 Å². The van der Waals surface area contributed by atoms with Crippen molar-refractivity contribution in [3.8, 4) is 0 Å². The first-order valence-corrected chi connectivity index (χ1v) is 7.87. The Kier molecular flexibility index (Phi) is 6.35. The van der Waals surface area contributed by atoms with Crippen LogP contribution in [0.4, 0.5) is 4.79 Å². The summed E-state index contributed by atoms with van der Waals surface area (Å²) in [5.41, 5.74) is 0.794. The van der Waals surface area contributed by atoms with Crippen LogP contribution in [0.5, 0.6) is 0 Å². The molecule has 8 nitrogen and oxygen atoms in total. The molecule has 1 heterocycles. The Labute approximate surface area is 146 Å². The predicted octanol–water partition coefficient (Wildman–Crippen LogP) is 0.967. The van der Waals surface area contributed by atoms with E-state index in [0.717, 1.165) is 12.7 Å². The Bertz CT molecular complexity index is 590. The lowest BCUT2D eigenvalue weighted by Gasteiger charge is -2.26. The van der Waals surface area contributed by atoms with E-state index in [9.17, 15) is 14.7 Å². The van der Waals surface area contributed by atoms with Gasteiger partial charge in [0.05, 0.1) is 13.7 Å². The number of methoxy groups -OCH3 is 1. The second kappa shape index (κ2) is 8.28. The van der Waals surface area contributed by atoms with E-state index in [1.165, 1.54) is 0 Å². The minimum atomic E-state index is -1.35. The topological polar surface area (TPSA) is 103 Å². The average molecular weight is 353 g/mol. The summed E-state index contributed by atoms with van der Waals surface area (Å²) >= 11 is 0. The van der Waals surface area contributed by atoms with Crippen LogP contribution >= 0.6 is 0 Å². The summed E-state index contributed by atoms with van der Waals surface area (Å²) in [7, 11) is 1.16. The van der Waals surface area contributed by atoms with Crippen molar-refractivity contribution in [3.63, 3.8) is 0 Å². The van der Waals surface area contributed by atoms with Crippen molar-refractivity contribution in [2.24, 2.45) is 0 Å². The van der Waals surface area contributed by atoms with E-state index in [1.54, 1.807) is 26.0 Å². The maximum absolute atomic E-state index is 12.0. The molecule has 2 N–H and O–H groups in total. The molecule has 1 aliphatic heterocycles. The fourth-order valence-electron chi connectivity index (χ4n) is 2.40.